The quantitative estimate of drug-likeness (QED) is 0.256. The zero-order valence-electron chi connectivity index (χ0n) is 17.5. The van der Waals surface area contributed by atoms with Crippen LogP contribution in [-0.2, 0) is 4.79 Å². The maximum Gasteiger partial charge on any atom is 0.302 e. The molecule has 1 amide bonds. The van der Waals surface area contributed by atoms with Crippen LogP contribution in [0, 0.1) is 6.92 Å². The van der Waals surface area contributed by atoms with Crippen LogP contribution in [0.15, 0.2) is 87.2 Å². The Kier molecular flexibility index (Phi) is 5.66. The molecule has 0 fully saturated rings. The molecule has 2 heterocycles. The van der Waals surface area contributed by atoms with E-state index in [9.17, 15) is 9.59 Å². The lowest BCUT2D eigenvalue weighted by molar-refractivity contribution is -0.113. The zero-order valence-corrected chi connectivity index (χ0v) is 19.1. The average molecular weight is 476 g/mol. The van der Waals surface area contributed by atoms with Crippen LogP contribution >= 0.6 is 23.4 Å². The summed E-state index contributed by atoms with van der Waals surface area (Å²) >= 11 is 7.19. The van der Waals surface area contributed by atoms with E-state index in [0.29, 0.717) is 32.7 Å². The number of nitrogens with zero attached hydrogens (tertiary/aromatic N) is 2. The molecule has 0 saturated carbocycles. The summed E-state index contributed by atoms with van der Waals surface area (Å²) < 4.78 is 7.37. The molecule has 5 aromatic rings. The number of halogens is 1. The van der Waals surface area contributed by atoms with E-state index >= 15 is 0 Å². The molecular weight excluding hydrogens is 458 g/mol. The van der Waals surface area contributed by atoms with E-state index in [-0.39, 0.29) is 22.8 Å². The fourth-order valence-electron chi connectivity index (χ4n) is 3.64. The normalized spacial score (nSPS) is 11.2. The van der Waals surface area contributed by atoms with Crippen molar-refractivity contribution in [2.45, 2.75) is 12.1 Å². The summed E-state index contributed by atoms with van der Waals surface area (Å²) in [5, 5.41) is 4.53. The van der Waals surface area contributed by atoms with Gasteiger partial charge in [-0.25, -0.2) is 4.98 Å². The van der Waals surface area contributed by atoms with Crippen molar-refractivity contribution in [2.24, 2.45) is 0 Å². The van der Waals surface area contributed by atoms with E-state index in [1.807, 2.05) is 49.4 Å². The van der Waals surface area contributed by atoms with E-state index < -0.39 is 0 Å². The van der Waals surface area contributed by atoms with Gasteiger partial charge in [-0.2, -0.15) is 0 Å². The minimum absolute atomic E-state index is 0.0616. The van der Waals surface area contributed by atoms with Crippen LogP contribution in [0.2, 0.25) is 5.02 Å². The lowest BCUT2D eigenvalue weighted by Crippen LogP contribution is -2.23. The molecule has 164 valence electrons. The van der Waals surface area contributed by atoms with Crippen molar-refractivity contribution in [2.75, 3.05) is 11.1 Å². The molecule has 0 atom stereocenters. The molecule has 2 aromatic heterocycles. The second kappa shape index (κ2) is 8.77. The second-order valence-electron chi connectivity index (χ2n) is 7.44. The first-order valence-electron chi connectivity index (χ1n) is 10.2. The van der Waals surface area contributed by atoms with Gasteiger partial charge >= 0.3 is 5.56 Å². The summed E-state index contributed by atoms with van der Waals surface area (Å²) in [5.41, 5.74) is 3.15. The molecule has 0 spiro atoms. The minimum Gasteiger partial charge on any atom is -0.448 e. The van der Waals surface area contributed by atoms with Crippen molar-refractivity contribution in [1.82, 2.24) is 9.55 Å². The van der Waals surface area contributed by atoms with Gasteiger partial charge in [0.05, 0.1) is 11.4 Å². The first kappa shape index (κ1) is 21.3. The highest BCUT2D eigenvalue weighted by molar-refractivity contribution is 7.99. The van der Waals surface area contributed by atoms with Crippen molar-refractivity contribution < 1.29 is 9.21 Å². The highest BCUT2D eigenvalue weighted by Gasteiger charge is 2.20. The van der Waals surface area contributed by atoms with E-state index in [0.717, 1.165) is 10.9 Å². The lowest BCUT2D eigenvalue weighted by atomic mass is 10.2. The van der Waals surface area contributed by atoms with Gasteiger partial charge in [0.1, 0.15) is 11.1 Å². The predicted octanol–water partition coefficient (Wildman–Crippen LogP) is 5.82. The topological polar surface area (TPSA) is 77.1 Å². The van der Waals surface area contributed by atoms with Crippen LogP contribution in [-0.4, -0.2) is 21.2 Å². The Morgan fingerprint density at radius 3 is 2.70 bits per heavy atom. The van der Waals surface area contributed by atoms with E-state index in [2.05, 4.69) is 5.32 Å². The van der Waals surface area contributed by atoms with Gasteiger partial charge in [0, 0.05) is 16.1 Å². The SMILES string of the molecule is Cc1ccccc1-n1c(SCC(=O)Nc2cccc(Cl)c2)nc2c(oc3ccccc32)c1=O. The first-order chi connectivity index (χ1) is 16.0. The van der Waals surface area contributed by atoms with E-state index in [1.165, 1.54) is 16.3 Å². The number of carbonyl (C=O) groups excluding carboxylic acids is 1. The molecule has 1 N–H and O–H groups in total. The molecule has 0 bridgehead atoms. The van der Waals surface area contributed by atoms with Gasteiger partial charge in [-0.05, 0) is 48.9 Å². The average Bonchev–Trinajstić information content (AvgIpc) is 3.18. The predicted molar refractivity (Wildman–Crippen MR) is 133 cm³/mol. The monoisotopic (exact) mass is 475 g/mol. The third kappa shape index (κ3) is 4.13. The van der Waals surface area contributed by atoms with Gasteiger partial charge < -0.3 is 9.73 Å². The van der Waals surface area contributed by atoms with Crippen LogP contribution in [0.5, 0.6) is 0 Å². The number of carbonyl (C=O) groups is 1. The summed E-state index contributed by atoms with van der Waals surface area (Å²) in [4.78, 5) is 30.9. The number of nitrogens with one attached hydrogen (secondary N) is 1. The minimum atomic E-state index is -0.316. The molecule has 6 nitrogen and oxygen atoms in total. The molecule has 3 aromatic carbocycles. The molecule has 0 aliphatic rings. The summed E-state index contributed by atoms with van der Waals surface area (Å²) in [6, 6.07) is 21.9. The molecule has 0 radical (unpaired) electrons. The highest BCUT2D eigenvalue weighted by atomic mass is 35.5. The van der Waals surface area contributed by atoms with Gasteiger partial charge in [-0.1, -0.05) is 59.8 Å². The molecule has 8 heteroatoms. The number of thioether (sulfide) groups is 1. The third-order valence-corrected chi connectivity index (χ3v) is 6.34. The molecule has 0 aliphatic heterocycles. The van der Waals surface area contributed by atoms with Crippen molar-refractivity contribution in [3.63, 3.8) is 0 Å². The second-order valence-corrected chi connectivity index (χ2v) is 8.82. The Bertz CT molecular complexity index is 1570. The Hall–Kier alpha value is -3.55. The van der Waals surface area contributed by atoms with Crippen molar-refractivity contribution >= 4 is 57.0 Å². The smallest absolute Gasteiger partial charge is 0.302 e. The Morgan fingerprint density at radius 2 is 1.88 bits per heavy atom. The third-order valence-electron chi connectivity index (χ3n) is 5.16. The van der Waals surface area contributed by atoms with E-state index in [4.69, 9.17) is 21.0 Å². The van der Waals surface area contributed by atoms with Gasteiger partial charge in [-0.3, -0.25) is 14.2 Å². The van der Waals surface area contributed by atoms with Crippen LogP contribution < -0.4 is 10.9 Å². The summed E-state index contributed by atoms with van der Waals surface area (Å²) in [5.74, 6) is -0.170. The largest absolute Gasteiger partial charge is 0.448 e. The molecule has 5 rings (SSSR count). The van der Waals surface area contributed by atoms with Gasteiger partial charge in [0.25, 0.3) is 0 Å². The number of para-hydroxylation sites is 2. The number of benzene rings is 3. The maximum absolute atomic E-state index is 13.5. The van der Waals surface area contributed by atoms with Crippen molar-refractivity contribution in [3.05, 3.63) is 93.7 Å². The number of fused-ring (bicyclic) bond motifs is 3. The Balaban J connectivity index is 1.58. The summed E-state index contributed by atoms with van der Waals surface area (Å²) in [7, 11) is 0. The van der Waals surface area contributed by atoms with Crippen LogP contribution in [0.3, 0.4) is 0 Å². The number of hydrogen-bond donors (Lipinski definition) is 1. The Morgan fingerprint density at radius 1 is 1.09 bits per heavy atom. The fourth-order valence-corrected chi connectivity index (χ4v) is 4.63. The number of furan rings is 1. The molecule has 0 unspecified atom stereocenters. The number of anilines is 1. The van der Waals surface area contributed by atoms with Gasteiger partial charge in [0.15, 0.2) is 5.16 Å². The highest BCUT2D eigenvalue weighted by Crippen LogP contribution is 2.29. The zero-order chi connectivity index (χ0) is 22.9. The molecule has 33 heavy (non-hydrogen) atoms. The van der Waals surface area contributed by atoms with E-state index in [1.54, 1.807) is 30.3 Å². The van der Waals surface area contributed by atoms with Gasteiger partial charge in [-0.15, -0.1) is 0 Å². The first-order valence-corrected chi connectivity index (χ1v) is 11.6. The van der Waals surface area contributed by atoms with Crippen molar-refractivity contribution in [1.29, 1.82) is 0 Å². The number of aryl methyl sites for hydroxylation is 1. The van der Waals surface area contributed by atoms with Gasteiger partial charge in [0.2, 0.25) is 11.5 Å². The Labute approximate surface area is 198 Å². The fraction of sp³-hybridized carbons (Fsp3) is 0.0800. The molecular formula is C25H18ClN3O3S. The number of amides is 1. The molecule has 0 aliphatic carbocycles. The summed E-state index contributed by atoms with van der Waals surface area (Å²) in [6.07, 6.45) is 0. The number of hydrogen-bond acceptors (Lipinski definition) is 5. The van der Waals surface area contributed by atoms with Crippen molar-refractivity contribution in [3.8, 4) is 5.69 Å². The van der Waals surface area contributed by atoms with Crippen LogP contribution in [0.1, 0.15) is 5.56 Å². The van der Waals surface area contributed by atoms with Crippen LogP contribution in [0.25, 0.3) is 27.8 Å². The number of rotatable bonds is 5. The molecule has 0 saturated heterocycles. The maximum atomic E-state index is 13.5. The summed E-state index contributed by atoms with van der Waals surface area (Å²) in [6.45, 7) is 1.92. The standard InChI is InChI=1S/C25H18ClN3O3S/c1-15-7-2-4-11-19(15)29-24(31)23-22(18-10-3-5-12-20(18)32-23)28-25(29)33-14-21(30)27-17-9-6-8-16(26)13-17/h2-13H,14H2,1H3,(H,27,30). The van der Waals surface area contributed by atoms with Crippen LogP contribution in [0.4, 0.5) is 5.69 Å². The lowest BCUT2D eigenvalue weighted by Gasteiger charge is -2.13. The number of aromatic nitrogens is 2.